The molecule has 2 aromatic carbocycles. The zero-order valence-corrected chi connectivity index (χ0v) is 16.6. The van der Waals surface area contributed by atoms with E-state index in [0.29, 0.717) is 35.7 Å². The lowest BCUT2D eigenvalue weighted by Gasteiger charge is -2.08. The van der Waals surface area contributed by atoms with E-state index >= 15 is 0 Å². The number of carbonyl (C=O) groups excluding carboxylic acids is 2. The summed E-state index contributed by atoms with van der Waals surface area (Å²) < 4.78 is 20.7. The maximum absolute atomic E-state index is 11.8. The molecular weight excluding hydrogens is 376 g/mol. The summed E-state index contributed by atoms with van der Waals surface area (Å²) in [5.74, 6) is 0.595. The van der Waals surface area contributed by atoms with Gasteiger partial charge in [-0.2, -0.15) is 0 Å². The number of ether oxygens (including phenoxy) is 4. The van der Waals surface area contributed by atoms with Crippen LogP contribution in [0.25, 0.3) is 0 Å². The van der Waals surface area contributed by atoms with Gasteiger partial charge in [-0.1, -0.05) is 6.07 Å². The monoisotopic (exact) mass is 400 g/mol. The maximum atomic E-state index is 11.8. The molecule has 0 bridgehead atoms. The minimum Gasteiger partial charge on any atom is -0.504 e. The third kappa shape index (κ3) is 6.57. The van der Waals surface area contributed by atoms with Crippen molar-refractivity contribution >= 4 is 11.8 Å². The zero-order chi connectivity index (χ0) is 21.2. The van der Waals surface area contributed by atoms with Crippen molar-refractivity contribution in [3.8, 4) is 23.0 Å². The molecule has 0 amide bonds. The standard InChI is InChI=1S/C22H24O7/c1-15(23)18-8-7-17(26-2)14-20(18)28-12-10-22(25)29-11-4-5-16-6-9-19(24)21(13-16)27-3/h6-10,12-14,24H,4-5,11H2,1-3H3/b12-10+. The highest BCUT2D eigenvalue weighted by Gasteiger charge is 2.09. The SMILES string of the molecule is COc1ccc(C(C)=O)c(O/C=C/C(=O)OCCCc2ccc(O)c(OC)c2)c1. The Morgan fingerprint density at radius 3 is 2.52 bits per heavy atom. The quantitative estimate of drug-likeness (QED) is 0.214. The second-order valence-corrected chi connectivity index (χ2v) is 6.12. The number of ketones is 1. The van der Waals surface area contributed by atoms with Gasteiger partial charge >= 0.3 is 5.97 Å². The van der Waals surface area contributed by atoms with E-state index < -0.39 is 5.97 Å². The number of hydrogen-bond donors (Lipinski definition) is 1. The Bertz CT molecular complexity index is 887. The molecule has 0 aliphatic rings. The minimum atomic E-state index is -0.555. The van der Waals surface area contributed by atoms with Crippen LogP contribution in [0, 0.1) is 0 Å². The lowest BCUT2D eigenvalue weighted by atomic mass is 10.1. The van der Waals surface area contributed by atoms with E-state index in [-0.39, 0.29) is 18.1 Å². The number of hydrogen-bond acceptors (Lipinski definition) is 7. The summed E-state index contributed by atoms with van der Waals surface area (Å²) in [7, 11) is 2.99. The smallest absolute Gasteiger partial charge is 0.333 e. The normalized spacial score (nSPS) is 10.6. The fourth-order valence-electron chi connectivity index (χ4n) is 2.56. The Balaban J connectivity index is 1.81. The van der Waals surface area contributed by atoms with Gasteiger partial charge in [-0.3, -0.25) is 4.79 Å². The van der Waals surface area contributed by atoms with Crippen LogP contribution in [0.5, 0.6) is 23.0 Å². The van der Waals surface area contributed by atoms with Crippen LogP contribution >= 0.6 is 0 Å². The highest BCUT2D eigenvalue weighted by molar-refractivity contribution is 5.97. The van der Waals surface area contributed by atoms with Crippen LogP contribution in [0.2, 0.25) is 0 Å². The third-order valence-corrected chi connectivity index (χ3v) is 4.07. The number of esters is 1. The van der Waals surface area contributed by atoms with Crippen molar-refractivity contribution in [1.82, 2.24) is 0 Å². The fraction of sp³-hybridized carbons (Fsp3) is 0.273. The van der Waals surface area contributed by atoms with E-state index in [1.807, 2.05) is 0 Å². The van der Waals surface area contributed by atoms with Crippen LogP contribution in [-0.4, -0.2) is 37.7 Å². The van der Waals surface area contributed by atoms with Crippen molar-refractivity contribution in [2.24, 2.45) is 0 Å². The Hall–Kier alpha value is -3.48. The molecule has 0 aliphatic carbocycles. The third-order valence-electron chi connectivity index (χ3n) is 4.07. The molecule has 29 heavy (non-hydrogen) atoms. The van der Waals surface area contributed by atoms with Crippen LogP contribution in [0.1, 0.15) is 29.3 Å². The molecule has 0 saturated carbocycles. The van der Waals surface area contributed by atoms with Gasteiger partial charge < -0.3 is 24.1 Å². The van der Waals surface area contributed by atoms with E-state index in [0.717, 1.165) is 11.6 Å². The molecule has 0 heterocycles. The Morgan fingerprint density at radius 2 is 1.83 bits per heavy atom. The van der Waals surface area contributed by atoms with E-state index in [9.17, 15) is 14.7 Å². The van der Waals surface area contributed by atoms with Crippen molar-refractivity contribution in [1.29, 1.82) is 0 Å². The average Bonchev–Trinajstić information content (AvgIpc) is 2.72. The molecule has 0 atom stereocenters. The fourth-order valence-corrected chi connectivity index (χ4v) is 2.56. The van der Waals surface area contributed by atoms with Gasteiger partial charge in [0.15, 0.2) is 17.3 Å². The van der Waals surface area contributed by atoms with Gasteiger partial charge in [0.05, 0.1) is 38.7 Å². The van der Waals surface area contributed by atoms with E-state index in [1.165, 1.54) is 27.4 Å². The van der Waals surface area contributed by atoms with Crippen LogP contribution in [0.4, 0.5) is 0 Å². The first-order chi connectivity index (χ1) is 13.9. The summed E-state index contributed by atoms with van der Waals surface area (Å²) >= 11 is 0. The van der Waals surface area contributed by atoms with Gasteiger partial charge in [-0.05, 0) is 49.6 Å². The Labute approximate surface area is 169 Å². The molecule has 0 unspecified atom stereocenters. The van der Waals surface area contributed by atoms with E-state index in [2.05, 4.69) is 0 Å². The molecule has 2 rings (SSSR count). The highest BCUT2D eigenvalue weighted by Crippen LogP contribution is 2.27. The number of aryl methyl sites for hydroxylation is 1. The summed E-state index contributed by atoms with van der Waals surface area (Å²) in [6, 6.07) is 9.92. The van der Waals surface area contributed by atoms with Crippen LogP contribution in [0.15, 0.2) is 48.7 Å². The van der Waals surface area contributed by atoms with Crippen molar-refractivity contribution in [2.75, 3.05) is 20.8 Å². The summed E-state index contributed by atoms with van der Waals surface area (Å²) in [5, 5.41) is 9.58. The summed E-state index contributed by atoms with van der Waals surface area (Å²) in [5.41, 5.74) is 1.34. The first-order valence-corrected chi connectivity index (χ1v) is 8.99. The highest BCUT2D eigenvalue weighted by atomic mass is 16.5. The second kappa shape index (κ2) is 10.8. The van der Waals surface area contributed by atoms with Gasteiger partial charge in [0.2, 0.25) is 0 Å². The molecule has 0 spiro atoms. The minimum absolute atomic E-state index is 0.0804. The lowest BCUT2D eigenvalue weighted by molar-refractivity contribution is -0.137. The number of phenolic OH excluding ortho intramolecular Hbond substituents is 1. The Morgan fingerprint density at radius 1 is 1.03 bits per heavy atom. The molecule has 0 aliphatic heterocycles. The predicted octanol–water partition coefficient (Wildman–Crippen LogP) is 3.68. The largest absolute Gasteiger partial charge is 0.504 e. The van der Waals surface area contributed by atoms with Gasteiger partial charge in [-0.25, -0.2) is 4.79 Å². The first kappa shape index (κ1) is 21.8. The van der Waals surface area contributed by atoms with Crippen LogP contribution in [-0.2, 0) is 16.0 Å². The topological polar surface area (TPSA) is 91.3 Å². The number of carbonyl (C=O) groups is 2. The molecule has 0 fully saturated rings. The van der Waals surface area contributed by atoms with Crippen molar-refractivity contribution in [2.45, 2.75) is 19.8 Å². The first-order valence-electron chi connectivity index (χ1n) is 8.99. The number of rotatable bonds is 10. The van der Waals surface area contributed by atoms with Crippen LogP contribution in [0.3, 0.4) is 0 Å². The van der Waals surface area contributed by atoms with Gasteiger partial charge in [0, 0.05) is 6.07 Å². The van der Waals surface area contributed by atoms with Crippen molar-refractivity contribution < 1.29 is 33.6 Å². The number of methoxy groups -OCH3 is 2. The molecule has 0 saturated heterocycles. The van der Waals surface area contributed by atoms with Gasteiger partial charge in [0.1, 0.15) is 11.5 Å². The average molecular weight is 400 g/mol. The van der Waals surface area contributed by atoms with Crippen molar-refractivity contribution in [3.63, 3.8) is 0 Å². The molecule has 0 aromatic heterocycles. The lowest BCUT2D eigenvalue weighted by Crippen LogP contribution is -2.04. The Kier molecular flexibility index (Phi) is 8.09. The number of benzene rings is 2. The van der Waals surface area contributed by atoms with Crippen LogP contribution < -0.4 is 14.2 Å². The van der Waals surface area contributed by atoms with E-state index in [4.69, 9.17) is 18.9 Å². The van der Waals surface area contributed by atoms with Crippen molar-refractivity contribution in [3.05, 3.63) is 59.9 Å². The predicted molar refractivity (Wildman–Crippen MR) is 107 cm³/mol. The molecule has 7 nitrogen and oxygen atoms in total. The summed E-state index contributed by atoms with van der Waals surface area (Å²) in [6.45, 7) is 1.65. The number of aromatic hydroxyl groups is 1. The van der Waals surface area contributed by atoms with Gasteiger partial charge in [0.25, 0.3) is 0 Å². The second-order valence-electron chi connectivity index (χ2n) is 6.12. The molecule has 2 aromatic rings. The molecule has 154 valence electrons. The van der Waals surface area contributed by atoms with Gasteiger partial charge in [-0.15, -0.1) is 0 Å². The zero-order valence-electron chi connectivity index (χ0n) is 16.6. The molecular formula is C22H24O7. The summed E-state index contributed by atoms with van der Waals surface area (Å²) in [4.78, 5) is 23.5. The number of phenols is 1. The molecule has 1 N–H and O–H groups in total. The molecule has 7 heteroatoms. The summed E-state index contributed by atoms with van der Waals surface area (Å²) in [6.07, 6.45) is 3.59. The number of Topliss-reactive ketones (excluding diaryl/α,β-unsaturated/α-hetero) is 1. The maximum Gasteiger partial charge on any atom is 0.333 e. The van der Waals surface area contributed by atoms with E-state index in [1.54, 1.807) is 36.4 Å². The molecule has 0 radical (unpaired) electrons.